The number of H-pyrrole nitrogens is 1. The minimum Gasteiger partial charge on any atom is -0.345 e. The molecule has 3 nitrogen and oxygen atoms in total. The van der Waals surface area contributed by atoms with E-state index in [0.717, 1.165) is 16.6 Å². The predicted molar refractivity (Wildman–Crippen MR) is 71.1 cm³/mol. The minimum atomic E-state index is 0.0675. The van der Waals surface area contributed by atoms with E-state index in [1.807, 2.05) is 0 Å². The van der Waals surface area contributed by atoms with Crippen LogP contribution in [0.4, 0.5) is 0 Å². The van der Waals surface area contributed by atoms with Crippen molar-refractivity contribution in [2.45, 2.75) is 6.92 Å². The SMILES string of the molecule is CC(=O)SCC#Cc1c[nH]c2nccc(Cl)c12. The number of thioether (sulfide) groups is 1. The molecule has 0 saturated carbocycles. The highest BCUT2D eigenvalue weighted by molar-refractivity contribution is 8.13. The summed E-state index contributed by atoms with van der Waals surface area (Å²) < 4.78 is 0. The number of fused-ring (bicyclic) bond motifs is 1. The molecular formula is C12H9ClN2OS. The molecule has 2 rings (SSSR count). The van der Waals surface area contributed by atoms with Crippen LogP contribution in [0.25, 0.3) is 11.0 Å². The maximum atomic E-state index is 10.7. The lowest BCUT2D eigenvalue weighted by atomic mass is 10.2. The van der Waals surface area contributed by atoms with Gasteiger partial charge in [0.15, 0.2) is 5.12 Å². The average Bonchev–Trinajstić information content (AvgIpc) is 2.69. The molecule has 2 aromatic rings. The standard InChI is InChI=1S/C12H9ClN2OS/c1-8(16)17-6-2-3-9-7-15-12-11(9)10(13)4-5-14-12/h4-5,7H,6H2,1H3,(H,14,15). The Morgan fingerprint density at radius 2 is 2.47 bits per heavy atom. The quantitative estimate of drug-likeness (QED) is 0.806. The summed E-state index contributed by atoms with van der Waals surface area (Å²) in [6.45, 7) is 1.53. The molecule has 1 N–H and O–H groups in total. The van der Waals surface area contributed by atoms with Gasteiger partial charge in [0.2, 0.25) is 0 Å². The zero-order chi connectivity index (χ0) is 12.3. The normalized spacial score (nSPS) is 10.0. The van der Waals surface area contributed by atoms with Gasteiger partial charge in [0, 0.05) is 19.3 Å². The molecule has 2 heterocycles. The van der Waals surface area contributed by atoms with Crippen LogP contribution in [-0.4, -0.2) is 20.8 Å². The Balaban J connectivity index is 2.27. The molecule has 86 valence electrons. The van der Waals surface area contributed by atoms with Crippen LogP contribution in [0.2, 0.25) is 5.02 Å². The summed E-state index contributed by atoms with van der Waals surface area (Å²) in [7, 11) is 0. The van der Waals surface area contributed by atoms with Crippen molar-refractivity contribution in [3.05, 3.63) is 29.0 Å². The van der Waals surface area contributed by atoms with Gasteiger partial charge in [0.05, 0.1) is 21.7 Å². The number of nitrogens with zero attached hydrogens (tertiary/aromatic N) is 1. The number of pyridine rings is 1. The highest BCUT2D eigenvalue weighted by Crippen LogP contribution is 2.24. The van der Waals surface area contributed by atoms with E-state index in [-0.39, 0.29) is 5.12 Å². The van der Waals surface area contributed by atoms with Crippen LogP contribution >= 0.6 is 23.4 Å². The van der Waals surface area contributed by atoms with Gasteiger partial charge in [-0.25, -0.2) is 4.98 Å². The Bertz CT molecular complexity index is 624. The number of aromatic amines is 1. The zero-order valence-electron chi connectivity index (χ0n) is 9.08. The van der Waals surface area contributed by atoms with Crippen molar-refractivity contribution in [3.63, 3.8) is 0 Å². The summed E-state index contributed by atoms with van der Waals surface area (Å²) in [6.07, 6.45) is 3.42. The lowest BCUT2D eigenvalue weighted by molar-refractivity contribution is -0.109. The fraction of sp³-hybridized carbons (Fsp3) is 0.167. The van der Waals surface area contributed by atoms with Gasteiger partial charge >= 0.3 is 0 Å². The molecular weight excluding hydrogens is 256 g/mol. The molecule has 5 heteroatoms. The van der Waals surface area contributed by atoms with Crippen LogP contribution in [0.1, 0.15) is 12.5 Å². The van der Waals surface area contributed by atoms with Gasteiger partial charge in [0.1, 0.15) is 5.65 Å². The first-order valence-electron chi connectivity index (χ1n) is 4.92. The Morgan fingerprint density at radius 1 is 1.65 bits per heavy atom. The van der Waals surface area contributed by atoms with Crippen LogP contribution in [0.15, 0.2) is 18.5 Å². The highest BCUT2D eigenvalue weighted by atomic mass is 35.5. The molecule has 0 unspecified atom stereocenters. The Morgan fingerprint density at radius 3 is 3.24 bits per heavy atom. The van der Waals surface area contributed by atoms with Crippen LogP contribution in [0.5, 0.6) is 0 Å². The number of carbonyl (C=O) groups excluding carboxylic acids is 1. The number of halogens is 1. The molecule has 0 spiro atoms. The number of aromatic nitrogens is 2. The second-order valence-electron chi connectivity index (χ2n) is 3.30. The van der Waals surface area contributed by atoms with Gasteiger partial charge in [-0.2, -0.15) is 0 Å². The van der Waals surface area contributed by atoms with Gasteiger partial charge in [-0.3, -0.25) is 4.79 Å². The molecule has 2 aromatic heterocycles. The Labute approximate surface area is 108 Å². The third kappa shape index (κ3) is 2.82. The summed E-state index contributed by atoms with van der Waals surface area (Å²) in [5.41, 5.74) is 1.53. The lowest BCUT2D eigenvalue weighted by Gasteiger charge is -1.92. The molecule has 0 amide bonds. The average molecular weight is 265 g/mol. The summed E-state index contributed by atoms with van der Waals surface area (Å²) in [5, 5.41) is 1.52. The first kappa shape index (κ1) is 12.0. The topological polar surface area (TPSA) is 45.8 Å². The summed E-state index contributed by atoms with van der Waals surface area (Å²) in [5.74, 6) is 6.40. The van der Waals surface area contributed by atoms with E-state index in [1.54, 1.807) is 18.5 Å². The molecule has 0 radical (unpaired) electrons. The van der Waals surface area contributed by atoms with Crippen molar-refractivity contribution < 1.29 is 4.79 Å². The van der Waals surface area contributed by atoms with Crippen LogP contribution in [-0.2, 0) is 4.79 Å². The summed E-state index contributed by atoms with van der Waals surface area (Å²) >= 11 is 7.27. The molecule has 17 heavy (non-hydrogen) atoms. The van der Waals surface area contributed by atoms with Crippen LogP contribution < -0.4 is 0 Å². The predicted octanol–water partition coefficient (Wildman–Crippen LogP) is 2.85. The largest absolute Gasteiger partial charge is 0.345 e. The molecule has 0 saturated heterocycles. The van der Waals surface area contributed by atoms with Crippen molar-refractivity contribution in [2.24, 2.45) is 0 Å². The molecule has 0 fully saturated rings. The van der Waals surface area contributed by atoms with E-state index in [4.69, 9.17) is 11.6 Å². The minimum absolute atomic E-state index is 0.0675. The number of hydrogen-bond donors (Lipinski definition) is 1. The maximum Gasteiger partial charge on any atom is 0.186 e. The summed E-state index contributed by atoms with van der Waals surface area (Å²) in [4.78, 5) is 17.9. The highest BCUT2D eigenvalue weighted by Gasteiger charge is 2.05. The van der Waals surface area contributed by atoms with Crippen LogP contribution in [0, 0.1) is 11.8 Å². The van der Waals surface area contributed by atoms with Crippen molar-refractivity contribution in [1.82, 2.24) is 9.97 Å². The van der Waals surface area contributed by atoms with Gasteiger partial charge in [-0.1, -0.05) is 35.2 Å². The molecule has 0 aromatic carbocycles. The van der Waals surface area contributed by atoms with Crippen LogP contribution in [0.3, 0.4) is 0 Å². The van der Waals surface area contributed by atoms with Crippen molar-refractivity contribution in [3.8, 4) is 11.8 Å². The van der Waals surface area contributed by atoms with Gasteiger partial charge < -0.3 is 4.98 Å². The lowest BCUT2D eigenvalue weighted by Crippen LogP contribution is -1.82. The van der Waals surface area contributed by atoms with Crippen molar-refractivity contribution in [1.29, 1.82) is 0 Å². The maximum absolute atomic E-state index is 10.7. The fourth-order valence-electron chi connectivity index (χ4n) is 1.38. The molecule has 0 aliphatic rings. The second-order valence-corrected chi connectivity index (χ2v) is 4.86. The molecule has 0 aliphatic heterocycles. The molecule has 0 bridgehead atoms. The fourth-order valence-corrected chi connectivity index (χ4v) is 1.98. The first-order chi connectivity index (χ1) is 8.18. The Kier molecular flexibility index (Phi) is 3.72. The van der Waals surface area contributed by atoms with E-state index in [1.165, 1.54) is 18.7 Å². The number of carbonyl (C=O) groups is 1. The third-order valence-electron chi connectivity index (χ3n) is 2.09. The smallest absolute Gasteiger partial charge is 0.186 e. The van der Waals surface area contributed by atoms with E-state index < -0.39 is 0 Å². The van der Waals surface area contributed by atoms with E-state index >= 15 is 0 Å². The van der Waals surface area contributed by atoms with Crippen molar-refractivity contribution in [2.75, 3.05) is 5.75 Å². The van der Waals surface area contributed by atoms with Crippen molar-refractivity contribution >= 4 is 39.5 Å². The number of hydrogen-bond acceptors (Lipinski definition) is 3. The number of nitrogens with one attached hydrogen (secondary N) is 1. The Hall–Kier alpha value is -1.44. The summed E-state index contributed by atoms with van der Waals surface area (Å²) in [6, 6.07) is 1.73. The first-order valence-corrected chi connectivity index (χ1v) is 6.28. The van der Waals surface area contributed by atoms with E-state index in [2.05, 4.69) is 21.8 Å². The van der Waals surface area contributed by atoms with Gasteiger partial charge in [-0.15, -0.1) is 0 Å². The zero-order valence-corrected chi connectivity index (χ0v) is 10.7. The second kappa shape index (κ2) is 5.26. The molecule has 0 aliphatic carbocycles. The molecule has 0 atom stereocenters. The monoisotopic (exact) mass is 264 g/mol. The third-order valence-corrected chi connectivity index (χ3v) is 3.10. The number of rotatable bonds is 1. The van der Waals surface area contributed by atoms with E-state index in [9.17, 15) is 4.79 Å². The van der Waals surface area contributed by atoms with E-state index in [0.29, 0.717) is 10.8 Å². The van der Waals surface area contributed by atoms with Gasteiger partial charge in [0.25, 0.3) is 0 Å². The van der Waals surface area contributed by atoms with Gasteiger partial charge in [-0.05, 0) is 6.07 Å².